The molecule has 3 N–H and O–H groups in total. The highest BCUT2D eigenvalue weighted by atomic mass is 16.5. The highest BCUT2D eigenvalue weighted by Gasteiger charge is 2.36. The predicted molar refractivity (Wildman–Crippen MR) is 137 cm³/mol. The Labute approximate surface area is 209 Å². The predicted octanol–water partition coefficient (Wildman–Crippen LogP) is 5.50. The minimum absolute atomic E-state index is 0.0384. The van der Waals surface area contributed by atoms with Crippen molar-refractivity contribution in [3.05, 3.63) is 106 Å². The number of nitrogens with two attached hydrogens (primary N) is 1. The van der Waals surface area contributed by atoms with Crippen molar-refractivity contribution in [1.29, 1.82) is 5.26 Å². The van der Waals surface area contributed by atoms with E-state index in [9.17, 15) is 5.26 Å². The maximum absolute atomic E-state index is 10.0. The summed E-state index contributed by atoms with van der Waals surface area (Å²) in [6.45, 7) is 4.54. The Bertz CT molecular complexity index is 1500. The van der Waals surface area contributed by atoms with Crippen LogP contribution in [0.15, 0.2) is 78.2 Å². The van der Waals surface area contributed by atoms with Crippen LogP contribution in [0.25, 0.3) is 11.3 Å². The number of nitriles is 1. The summed E-state index contributed by atoms with van der Waals surface area (Å²) < 4.78 is 17.4. The van der Waals surface area contributed by atoms with Crippen LogP contribution >= 0.6 is 0 Å². The van der Waals surface area contributed by atoms with Gasteiger partial charge in [0.15, 0.2) is 11.5 Å². The molecule has 0 amide bonds. The molecular weight excluding hydrogens is 452 g/mol. The SMILES string of the molecule is COc1cc([C@@H]2C(C#N)=C(N)Oc3n[nH]c(-c4ccc(C)c(C)c4)c32)ccc1OCc1ccccc1. The van der Waals surface area contributed by atoms with Gasteiger partial charge >= 0.3 is 0 Å². The van der Waals surface area contributed by atoms with Crippen LogP contribution in [0.4, 0.5) is 0 Å². The largest absolute Gasteiger partial charge is 0.493 e. The third kappa shape index (κ3) is 4.14. The van der Waals surface area contributed by atoms with Gasteiger partial charge in [-0.2, -0.15) is 5.26 Å². The smallest absolute Gasteiger partial charge is 0.244 e. The number of benzene rings is 3. The second-order valence-electron chi connectivity index (χ2n) is 8.73. The summed E-state index contributed by atoms with van der Waals surface area (Å²) in [5, 5.41) is 17.5. The molecule has 0 saturated carbocycles. The molecule has 1 aliphatic heterocycles. The molecule has 0 unspecified atom stereocenters. The number of nitrogens with one attached hydrogen (secondary N) is 1. The zero-order valence-electron chi connectivity index (χ0n) is 20.3. The number of hydrogen-bond donors (Lipinski definition) is 2. The highest BCUT2D eigenvalue weighted by molar-refractivity contribution is 5.72. The van der Waals surface area contributed by atoms with Gasteiger partial charge in [0.05, 0.1) is 24.3 Å². The van der Waals surface area contributed by atoms with Gasteiger partial charge in [0, 0.05) is 5.56 Å². The average molecular weight is 479 g/mol. The first kappa shape index (κ1) is 23.1. The number of ether oxygens (including phenoxy) is 3. The number of aromatic nitrogens is 2. The van der Waals surface area contributed by atoms with Crippen molar-refractivity contribution in [3.63, 3.8) is 0 Å². The highest BCUT2D eigenvalue weighted by Crippen LogP contribution is 2.47. The van der Waals surface area contributed by atoms with E-state index < -0.39 is 5.92 Å². The van der Waals surface area contributed by atoms with Crippen LogP contribution in [0.1, 0.15) is 33.7 Å². The average Bonchev–Trinajstić information content (AvgIpc) is 3.32. The first-order valence-corrected chi connectivity index (χ1v) is 11.6. The third-order valence-corrected chi connectivity index (χ3v) is 6.49. The van der Waals surface area contributed by atoms with Gasteiger partial charge in [-0.25, -0.2) is 0 Å². The Balaban J connectivity index is 1.57. The number of fused-ring (bicyclic) bond motifs is 1. The molecule has 0 aliphatic carbocycles. The molecule has 1 atom stereocenters. The van der Waals surface area contributed by atoms with E-state index in [1.807, 2.05) is 54.6 Å². The van der Waals surface area contributed by atoms with Crippen LogP contribution in [-0.4, -0.2) is 17.3 Å². The van der Waals surface area contributed by atoms with Gasteiger partial charge in [0.1, 0.15) is 18.2 Å². The molecule has 7 heteroatoms. The lowest BCUT2D eigenvalue weighted by Crippen LogP contribution is -2.21. The molecule has 0 bridgehead atoms. The summed E-state index contributed by atoms with van der Waals surface area (Å²) in [6, 6.07) is 24.0. The maximum Gasteiger partial charge on any atom is 0.244 e. The van der Waals surface area contributed by atoms with E-state index in [1.165, 1.54) is 5.56 Å². The zero-order valence-corrected chi connectivity index (χ0v) is 20.3. The topological polar surface area (TPSA) is 106 Å². The number of rotatable bonds is 6. The number of aryl methyl sites for hydroxylation is 2. The van der Waals surface area contributed by atoms with Crippen molar-refractivity contribution >= 4 is 0 Å². The Morgan fingerprint density at radius 3 is 2.56 bits per heavy atom. The van der Waals surface area contributed by atoms with Gasteiger partial charge in [-0.05, 0) is 54.3 Å². The Morgan fingerprint density at radius 2 is 1.83 bits per heavy atom. The van der Waals surface area contributed by atoms with Crippen molar-refractivity contribution in [1.82, 2.24) is 10.2 Å². The van der Waals surface area contributed by atoms with Crippen LogP contribution in [0, 0.1) is 25.2 Å². The quantitative estimate of drug-likeness (QED) is 0.379. The summed E-state index contributed by atoms with van der Waals surface area (Å²) in [5.74, 6) is 1.06. The van der Waals surface area contributed by atoms with E-state index in [4.69, 9.17) is 19.9 Å². The summed E-state index contributed by atoms with van der Waals surface area (Å²) >= 11 is 0. The van der Waals surface area contributed by atoms with Crippen molar-refractivity contribution in [2.24, 2.45) is 5.73 Å². The minimum atomic E-state index is -0.494. The number of allylic oxidation sites excluding steroid dienone is 1. The van der Waals surface area contributed by atoms with E-state index >= 15 is 0 Å². The van der Waals surface area contributed by atoms with Gasteiger partial charge in [-0.3, -0.25) is 5.10 Å². The molecule has 2 heterocycles. The van der Waals surface area contributed by atoms with Crippen LogP contribution in [0.2, 0.25) is 0 Å². The molecule has 1 aromatic heterocycles. The third-order valence-electron chi connectivity index (χ3n) is 6.49. The number of methoxy groups -OCH3 is 1. The monoisotopic (exact) mass is 478 g/mol. The lowest BCUT2D eigenvalue weighted by molar-refractivity contribution is 0.284. The van der Waals surface area contributed by atoms with Crippen molar-refractivity contribution in [2.75, 3.05) is 7.11 Å². The number of hydrogen-bond acceptors (Lipinski definition) is 6. The summed E-state index contributed by atoms with van der Waals surface area (Å²) in [7, 11) is 1.59. The van der Waals surface area contributed by atoms with Gasteiger partial charge in [0.2, 0.25) is 11.8 Å². The van der Waals surface area contributed by atoms with Gasteiger partial charge < -0.3 is 19.9 Å². The molecule has 36 heavy (non-hydrogen) atoms. The molecule has 3 aromatic carbocycles. The fourth-order valence-corrected chi connectivity index (χ4v) is 4.41. The minimum Gasteiger partial charge on any atom is -0.493 e. The molecule has 1 aliphatic rings. The lowest BCUT2D eigenvalue weighted by Gasteiger charge is -2.25. The van der Waals surface area contributed by atoms with Gasteiger partial charge in [-0.15, -0.1) is 5.10 Å². The van der Waals surface area contributed by atoms with E-state index in [0.29, 0.717) is 29.6 Å². The number of aromatic amines is 1. The first-order valence-electron chi connectivity index (χ1n) is 11.6. The molecule has 4 aromatic rings. The first-order chi connectivity index (χ1) is 17.5. The summed E-state index contributed by atoms with van der Waals surface area (Å²) in [5.41, 5.74) is 13.2. The molecule has 0 saturated heterocycles. The molecule has 0 fully saturated rings. The van der Waals surface area contributed by atoms with Crippen molar-refractivity contribution in [2.45, 2.75) is 26.4 Å². The molecule has 180 valence electrons. The molecule has 7 nitrogen and oxygen atoms in total. The summed E-state index contributed by atoms with van der Waals surface area (Å²) in [6.07, 6.45) is 0. The second kappa shape index (κ2) is 9.51. The van der Waals surface area contributed by atoms with Crippen LogP contribution in [0.5, 0.6) is 17.4 Å². The fourth-order valence-electron chi connectivity index (χ4n) is 4.41. The van der Waals surface area contributed by atoms with Crippen LogP contribution in [0.3, 0.4) is 0 Å². The van der Waals surface area contributed by atoms with Crippen LogP contribution < -0.4 is 19.9 Å². The molecular formula is C29H26N4O3. The Morgan fingerprint density at radius 1 is 1.03 bits per heavy atom. The molecule has 0 spiro atoms. The zero-order chi connectivity index (χ0) is 25.2. The fraction of sp³-hybridized carbons (Fsp3) is 0.172. The Kier molecular flexibility index (Phi) is 6.09. The van der Waals surface area contributed by atoms with Crippen molar-refractivity contribution in [3.8, 4) is 34.7 Å². The van der Waals surface area contributed by atoms with Crippen LogP contribution in [-0.2, 0) is 6.61 Å². The standard InChI is InChI=1S/C29H26N4O3/c1-17-9-10-21(13-18(17)2)27-26-25(22(15-30)28(31)36-29(26)33-32-27)20-11-12-23(24(14-20)34-3)35-16-19-7-5-4-6-8-19/h4-14,25H,16,31H2,1-3H3,(H,32,33)/t25-/m1/s1. The van der Waals surface area contributed by atoms with E-state index in [-0.39, 0.29) is 5.88 Å². The van der Waals surface area contributed by atoms with E-state index in [1.54, 1.807) is 7.11 Å². The van der Waals surface area contributed by atoms with E-state index in [0.717, 1.165) is 33.5 Å². The normalized spacial score (nSPS) is 14.6. The molecule has 0 radical (unpaired) electrons. The van der Waals surface area contributed by atoms with Crippen molar-refractivity contribution < 1.29 is 14.2 Å². The Hall–Kier alpha value is -4.70. The van der Waals surface area contributed by atoms with E-state index in [2.05, 4.69) is 42.2 Å². The number of nitrogens with zero attached hydrogens (tertiary/aromatic N) is 2. The van der Waals surface area contributed by atoms with Gasteiger partial charge in [0.25, 0.3) is 0 Å². The maximum atomic E-state index is 10.0. The second-order valence-corrected chi connectivity index (χ2v) is 8.73. The summed E-state index contributed by atoms with van der Waals surface area (Å²) in [4.78, 5) is 0. The lowest BCUT2D eigenvalue weighted by atomic mass is 9.82. The van der Waals surface area contributed by atoms with Gasteiger partial charge in [-0.1, -0.05) is 48.5 Å². The molecule has 5 rings (SSSR count). The number of H-pyrrole nitrogens is 1.